The maximum atomic E-state index is 11.9. The van der Waals surface area contributed by atoms with Crippen molar-refractivity contribution in [2.75, 3.05) is 36.0 Å². The second-order valence-electron chi connectivity index (χ2n) is 7.35. The lowest BCUT2D eigenvalue weighted by molar-refractivity contribution is 0.497. The third-order valence-electron chi connectivity index (χ3n) is 4.89. The molecular weight excluding hydrogens is 342 g/mol. The van der Waals surface area contributed by atoms with Crippen molar-refractivity contribution < 1.29 is 0 Å². The van der Waals surface area contributed by atoms with Crippen LogP contribution in [0, 0.1) is 13.8 Å². The second-order valence-corrected chi connectivity index (χ2v) is 7.35. The molecule has 0 bridgehead atoms. The van der Waals surface area contributed by atoms with Crippen LogP contribution in [0.5, 0.6) is 0 Å². The van der Waals surface area contributed by atoms with E-state index >= 15 is 0 Å². The molecule has 3 aromatic rings. The van der Waals surface area contributed by atoms with E-state index in [2.05, 4.69) is 31.0 Å². The van der Waals surface area contributed by atoms with Gasteiger partial charge in [-0.2, -0.15) is 14.7 Å². The molecule has 0 aromatic carbocycles. The summed E-state index contributed by atoms with van der Waals surface area (Å²) in [6.07, 6.45) is 0. The summed E-state index contributed by atoms with van der Waals surface area (Å²) < 4.78 is 3.47. The molecule has 0 N–H and O–H groups in total. The van der Waals surface area contributed by atoms with E-state index < -0.39 is 0 Å². The van der Waals surface area contributed by atoms with Crippen LogP contribution in [0.2, 0.25) is 0 Å². The number of hydrogen-bond donors (Lipinski definition) is 0. The predicted octanol–water partition coefficient (Wildman–Crippen LogP) is 1.81. The number of nitrogens with zero attached hydrogens (tertiary/aromatic N) is 7. The standard InChI is InChI=1S/C19H25N7O/c1-13(2)25-19(27)6-5-16(22-25)23-7-9-24(10-8-23)18-12-14(3)20-17-11-15(4)21-26(17)18/h5-6,11-13H,7-10H2,1-4H3. The number of fused-ring (bicyclic) bond motifs is 1. The van der Waals surface area contributed by atoms with Gasteiger partial charge in [0, 0.05) is 50.1 Å². The molecule has 3 aromatic heterocycles. The van der Waals surface area contributed by atoms with Gasteiger partial charge in [0.1, 0.15) is 11.6 Å². The van der Waals surface area contributed by atoms with E-state index in [-0.39, 0.29) is 11.6 Å². The van der Waals surface area contributed by atoms with Crippen LogP contribution in [-0.2, 0) is 0 Å². The van der Waals surface area contributed by atoms with E-state index in [1.807, 2.05) is 44.3 Å². The molecule has 0 radical (unpaired) electrons. The van der Waals surface area contributed by atoms with E-state index in [1.165, 1.54) is 0 Å². The lowest BCUT2D eigenvalue weighted by atomic mass is 10.3. The van der Waals surface area contributed by atoms with Crippen LogP contribution < -0.4 is 15.4 Å². The Labute approximate surface area is 158 Å². The van der Waals surface area contributed by atoms with Crippen LogP contribution in [-0.4, -0.2) is 50.6 Å². The van der Waals surface area contributed by atoms with Gasteiger partial charge in [-0.3, -0.25) is 4.79 Å². The van der Waals surface area contributed by atoms with Crippen molar-refractivity contribution in [2.24, 2.45) is 0 Å². The van der Waals surface area contributed by atoms with E-state index in [9.17, 15) is 4.79 Å². The number of aromatic nitrogens is 5. The molecule has 4 heterocycles. The Bertz CT molecular complexity index is 1030. The summed E-state index contributed by atoms with van der Waals surface area (Å²) in [6, 6.07) is 7.58. The Balaban J connectivity index is 1.56. The fraction of sp³-hybridized carbons (Fsp3) is 0.474. The van der Waals surface area contributed by atoms with Crippen LogP contribution in [0.15, 0.2) is 29.1 Å². The van der Waals surface area contributed by atoms with Crippen LogP contribution in [0.3, 0.4) is 0 Å². The SMILES string of the molecule is Cc1cc(N2CCN(c3ccc(=O)n(C(C)C)n3)CC2)n2nc(C)cc2n1. The number of piperazine rings is 1. The summed E-state index contributed by atoms with van der Waals surface area (Å²) in [5.74, 6) is 1.93. The van der Waals surface area contributed by atoms with Crippen LogP contribution in [0.4, 0.5) is 11.6 Å². The minimum absolute atomic E-state index is 0.0508. The molecule has 0 aliphatic carbocycles. The molecule has 4 rings (SSSR count). The first-order valence-electron chi connectivity index (χ1n) is 9.36. The largest absolute Gasteiger partial charge is 0.353 e. The topological polar surface area (TPSA) is 71.6 Å². The van der Waals surface area contributed by atoms with Crippen LogP contribution >= 0.6 is 0 Å². The molecule has 8 nitrogen and oxygen atoms in total. The highest BCUT2D eigenvalue weighted by Crippen LogP contribution is 2.21. The zero-order valence-electron chi connectivity index (χ0n) is 16.3. The lowest BCUT2D eigenvalue weighted by Crippen LogP contribution is -2.48. The highest BCUT2D eigenvalue weighted by Gasteiger charge is 2.22. The molecule has 27 heavy (non-hydrogen) atoms. The molecule has 0 spiro atoms. The van der Waals surface area contributed by atoms with Crippen LogP contribution in [0.1, 0.15) is 31.3 Å². The van der Waals surface area contributed by atoms with Crippen molar-refractivity contribution in [3.05, 3.63) is 46.0 Å². The van der Waals surface area contributed by atoms with Crippen molar-refractivity contribution in [3.63, 3.8) is 0 Å². The minimum atomic E-state index is -0.0592. The van der Waals surface area contributed by atoms with E-state index in [1.54, 1.807) is 10.7 Å². The average molecular weight is 367 g/mol. The highest BCUT2D eigenvalue weighted by atomic mass is 16.1. The van der Waals surface area contributed by atoms with Crippen molar-refractivity contribution in [1.29, 1.82) is 0 Å². The predicted molar refractivity (Wildman–Crippen MR) is 106 cm³/mol. The molecule has 1 aliphatic rings. The molecule has 8 heteroatoms. The molecular formula is C19H25N7O. The summed E-state index contributed by atoms with van der Waals surface area (Å²) >= 11 is 0. The molecule has 1 saturated heterocycles. The fourth-order valence-electron chi connectivity index (χ4n) is 3.54. The molecule has 142 valence electrons. The monoisotopic (exact) mass is 367 g/mol. The van der Waals surface area contributed by atoms with Gasteiger partial charge in [-0.05, 0) is 33.8 Å². The van der Waals surface area contributed by atoms with Gasteiger partial charge in [0.25, 0.3) is 5.56 Å². The first-order chi connectivity index (χ1) is 12.9. The Morgan fingerprint density at radius 2 is 1.63 bits per heavy atom. The summed E-state index contributed by atoms with van der Waals surface area (Å²) in [5, 5.41) is 9.14. The van der Waals surface area contributed by atoms with E-state index in [4.69, 9.17) is 0 Å². The number of hydrogen-bond acceptors (Lipinski definition) is 6. The van der Waals surface area contributed by atoms with Gasteiger partial charge in [-0.15, -0.1) is 0 Å². The number of aryl methyl sites for hydroxylation is 2. The Morgan fingerprint density at radius 3 is 2.33 bits per heavy atom. The van der Waals surface area contributed by atoms with Crippen LogP contribution in [0.25, 0.3) is 5.65 Å². The maximum Gasteiger partial charge on any atom is 0.267 e. The van der Waals surface area contributed by atoms with Crippen molar-refractivity contribution >= 4 is 17.3 Å². The quantitative estimate of drug-likeness (QED) is 0.703. The van der Waals surface area contributed by atoms with Gasteiger partial charge in [-0.25, -0.2) is 9.67 Å². The van der Waals surface area contributed by atoms with Crippen molar-refractivity contribution in [1.82, 2.24) is 24.4 Å². The Kier molecular flexibility index (Phi) is 4.33. The summed E-state index contributed by atoms with van der Waals surface area (Å²) in [6.45, 7) is 11.3. The summed E-state index contributed by atoms with van der Waals surface area (Å²) in [4.78, 5) is 21.1. The second kappa shape index (κ2) is 6.68. The van der Waals surface area contributed by atoms with Gasteiger partial charge in [-0.1, -0.05) is 0 Å². The minimum Gasteiger partial charge on any atom is -0.353 e. The van der Waals surface area contributed by atoms with Gasteiger partial charge >= 0.3 is 0 Å². The zero-order chi connectivity index (χ0) is 19.1. The number of rotatable bonds is 3. The van der Waals surface area contributed by atoms with E-state index in [0.717, 1.165) is 54.8 Å². The zero-order valence-corrected chi connectivity index (χ0v) is 16.3. The highest BCUT2D eigenvalue weighted by molar-refractivity contribution is 5.53. The maximum absolute atomic E-state index is 11.9. The lowest BCUT2D eigenvalue weighted by Gasteiger charge is -2.36. The molecule has 0 amide bonds. The normalized spacial score (nSPS) is 15.1. The third kappa shape index (κ3) is 3.27. The van der Waals surface area contributed by atoms with Gasteiger partial charge in [0.2, 0.25) is 0 Å². The average Bonchev–Trinajstić information content (AvgIpc) is 3.01. The van der Waals surface area contributed by atoms with Crippen molar-refractivity contribution in [3.8, 4) is 0 Å². The van der Waals surface area contributed by atoms with Gasteiger partial charge < -0.3 is 9.80 Å². The molecule has 1 fully saturated rings. The third-order valence-corrected chi connectivity index (χ3v) is 4.89. The van der Waals surface area contributed by atoms with Crippen molar-refractivity contribution in [2.45, 2.75) is 33.7 Å². The first-order valence-corrected chi connectivity index (χ1v) is 9.36. The Morgan fingerprint density at radius 1 is 0.926 bits per heavy atom. The van der Waals surface area contributed by atoms with E-state index in [0.29, 0.717) is 0 Å². The molecule has 1 aliphatic heterocycles. The summed E-state index contributed by atoms with van der Waals surface area (Å²) in [7, 11) is 0. The smallest absolute Gasteiger partial charge is 0.267 e. The molecule has 0 unspecified atom stereocenters. The van der Waals surface area contributed by atoms with Gasteiger partial charge in [0.05, 0.1) is 11.7 Å². The fourth-order valence-corrected chi connectivity index (χ4v) is 3.54. The number of anilines is 2. The molecule has 0 atom stereocenters. The van der Waals surface area contributed by atoms with Gasteiger partial charge in [0.15, 0.2) is 5.65 Å². The Hall–Kier alpha value is -2.90. The first kappa shape index (κ1) is 17.5. The molecule has 0 saturated carbocycles. The summed E-state index contributed by atoms with van der Waals surface area (Å²) in [5.41, 5.74) is 2.78.